The molecule has 5 nitrogen and oxygen atoms in total. The highest BCUT2D eigenvalue weighted by atomic mass is 35.5. The third-order valence-corrected chi connectivity index (χ3v) is 5.49. The largest absolute Gasteiger partial charge is 0.324 e. The zero-order valence-electron chi connectivity index (χ0n) is 14.6. The molecule has 0 unspecified atom stereocenters. The summed E-state index contributed by atoms with van der Waals surface area (Å²) in [7, 11) is -3.68. The van der Waals surface area contributed by atoms with Crippen molar-refractivity contribution < 1.29 is 13.2 Å². The number of halogens is 1. The predicted molar refractivity (Wildman–Crippen MR) is 103 cm³/mol. The molecule has 0 spiro atoms. The number of sulfonamides is 1. The first-order chi connectivity index (χ1) is 11.6. The highest BCUT2D eigenvalue weighted by Gasteiger charge is 2.29. The number of amides is 1. The number of anilines is 2. The molecule has 0 radical (unpaired) electrons. The van der Waals surface area contributed by atoms with Gasteiger partial charge in [-0.3, -0.25) is 9.10 Å². The Kier molecular flexibility index (Phi) is 5.75. The van der Waals surface area contributed by atoms with Gasteiger partial charge < -0.3 is 5.32 Å². The summed E-state index contributed by atoms with van der Waals surface area (Å²) in [4.78, 5) is 12.7. The summed E-state index contributed by atoms with van der Waals surface area (Å²) in [6.07, 6.45) is 1.07. The van der Waals surface area contributed by atoms with Crippen molar-refractivity contribution >= 4 is 38.9 Å². The van der Waals surface area contributed by atoms with Crippen LogP contribution in [0.1, 0.15) is 18.1 Å². The average Bonchev–Trinajstić information content (AvgIpc) is 2.50. The van der Waals surface area contributed by atoms with E-state index in [-0.39, 0.29) is 0 Å². The topological polar surface area (TPSA) is 66.5 Å². The van der Waals surface area contributed by atoms with Crippen LogP contribution in [0.4, 0.5) is 11.4 Å². The van der Waals surface area contributed by atoms with E-state index in [0.29, 0.717) is 16.4 Å². The molecule has 1 atom stereocenters. The zero-order valence-corrected chi connectivity index (χ0v) is 16.1. The Labute approximate surface area is 153 Å². The first-order valence-corrected chi connectivity index (χ1v) is 9.96. The summed E-state index contributed by atoms with van der Waals surface area (Å²) >= 11 is 5.97. The van der Waals surface area contributed by atoms with Crippen molar-refractivity contribution in [2.75, 3.05) is 15.9 Å². The molecular formula is C18H21ClN2O3S. The lowest BCUT2D eigenvalue weighted by Gasteiger charge is -2.28. The number of hydrogen-bond acceptors (Lipinski definition) is 3. The smallest absolute Gasteiger partial charge is 0.248 e. The minimum Gasteiger partial charge on any atom is -0.324 e. The normalized spacial score (nSPS) is 12.5. The molecule has 7 heteroatoms. The number of aryl methyl sites for hydroxylation is 1. The quantitative estimate of drug-likeness (QED) is 0.858. The predicted octanol–water partition coefficient (Wildman–Crippen LogP) is 3.75. The van der Waals surface area contributed by atoms with Crippen LogP contribution >= 0.6 is 11.6 Å². The molecule has 2 aromatic carbocycles. The third kappa shape index (κ3) is 4.52. The van der Waals surface area contributed by atoms with Crippen LogP contribution in [0, 0.1) is 13.8 Å². The fraction of sp³-hybridized carbons (Fsp3) is 0.278. The fourth-order valence-corrected chi connectivity index (χ4v) is 3.90. The van der Waals surface area contributed by atoms with E-state index in [1.54, 1.807) is 31.2 Å². The Hall–Kier alpha value is -2.05. The molecule has 0 aromatic heterocycles. The summed E-state index contributed by atoms with van der Waals surface area (Å²) in [5, 5.41) is 3.21. The van der Waals surface area contributed by atoms with Crippen LogP contribution < -0.4 is 9.62 Å². The van der Waals surface area contributed by atoms with Gasteiger partial charge in [-0.15, -0.1) is 0 Å². The molecule has 1 N–H and O–H groups in total. The minimum absolute atomic E-state index is 0.346. The van der Waals surface area contributed by atoms with Crippen LogP contribution in [0.3, 0.4) is 0 Å². The summed E-state index contributed by atoms with van der Waals surface area (Å²) in [6.45, 7) is 5.40. The lowest BCUT2D eigenvalue weighted by molar-refractivity contribution is -0.116. The van der Waals surface area contributed by atoms with E-state index in [4.69, 9.17) is 11.6 Å². The van der Waals surface area contributed by atoms with E-state index in [2.05, 4.69) is 5.32 Å². The lowest BCUT2D eigenvalue weighted by atomic mass is 10.1. The summed E-state index contributed by atoms with van der Waals surface area (Å²) in [6, 6.07) is 11.1. The maximum absolute atomic E-state index is 12.7. The van der Waals surface area contributed by atoms with Crippen LogP contribution in [0.5, 0.6) is 0 Å². The summed E-state index contributed by atoms with van der Waals surface area (Å²) < 4.78 is 25.6. The van der Waals surface area contributed by atoms with Crippen molar-refractivity contribution in [2.24, 2.45) is 0 Å². The van der Waals surface area contributed by atoms with Gasteiger partial charge in [-0.05, 0) is 56.2 Å². The summed E-state index contributed by atoms with van der Waals surface area (Å²) in [5.74, 6) is -0.417. The van der Waals surface area contributed by atoms with E-state index in [9.17, 15) is 13.2 Å². The monoisotopic (exact) mass is 380 g/mol. The van der Waals surface area contributed by atoms with Gasteiger partial charge in [0.15, 0.2) is 0 Å². The van der Waals surface area contributed by atoms with E-state index in [1.807, 2.05) is 26.0 Å². The van der Waals surface area contributed by atoms with Crippen molar-refractivity contribution in [1.29, 1.82) is 0 Å². The van der Waals surface area contributed by atoms with Gasteiger partial charge in [0, 0.05) is 10.7 Å². The molecule has 0 aliphatic heterocycles. The van der Waals surface area contributed by atoms with Crippen LogP contribution in [0.25, 0.3) is 0 Å². The number of carbonyl (C=O) groups excluding carboxylic acids is 1. The molecule has 0 fully saturated rings. The molecule has 2 aromatic rings. The van der Waals surface area contributed by atoms with Gasteiger partial charge in [0.1, 0.15) is 6.04 Å². The van der Waals surface area contributed by atoms with Crippen molar-refractivity contribution in [3.63, 3.8) is 0 Å². The fourth-order valence-electron chi connectivity index (χ4n) is 2.55. The maximum Gasteiger partial charge on any atom is 0.248 e. The zero-order chi connectivity index (χ0) is 18.8. The molecule has 25 heavy (non-hydrogen) atoms. The van der Waals surface area contributed by atoms with Crippen molar-refractivity contribution in [2.45, 2.75) is 26.8 Å². The Morgan fingerprint density at radius 3 is 2.40 bits per heavy atom. The highest BCUT2D eigenvalue weighted by Crippen LogP contribution is 2.25. The molecular weight excluding hydrogens is 360 g/mol. The maximum atomic E-state index is 12.7. The first-order valence-electron chi connectivity index (χ1n) is 7.73. The molecule has 0 saturated carbocycles. The van der Waals surface area contributed by atoms with Crippen LogP contribution in [-0.4, -0.2) is 26.6 Å². The van der Waals surface area contributed by atoms with Gasteiger partial charge in [0.05, 0.1) is 11.9 Å². The average molecular weight is 381 g/mol. The Morgan fingerprint density at radius 1 is 1.16 bits per heavy atom. The highest BCUT2D eigenvalue weighted by molar-refractivity contribution is 7.92. The molecule has 0 heterocycles. The summed E-state index contributed by atoms with van der Waals surface area (Å²) in [5.41, 5.74) is 2.99. The first kappa shape index (κ1) is 19.3. The minimum atomic E-state index is -3.68. The number of nitrogens with zero attached hydrogens (tertiary/aromatic N) is 1. The van der Waals surface area contributed by atoms with Crippen LogP contribution in [0.15, 0.2) is 42.5 Å². The number of rotatable bonds is 5. The van der Waals surface area contributed by atoms with Crippen LogP contribution in [-0.2, 0) is 14.8 Å². The van der Waals surface area contributed by atoms with Crippen molar-refractivity contribution in [3.05, 3.63) is 58.6 Å². The van der Waals surface area contributed by atoms with Gasteiger partial charge >= 0.3 is 0 Å². The molecule has 134 valence electrons. The van der Waals surface area contributed by atoms with Gasteiger partial charge in [0.25, 0.3) is 0 Å². The Morgan fingerprint density at radius 2 is 1.80 bits per heavy atom. The molecule has 2 rings (SSSR count). The molecule has 1 amide bonds. The van der Waals surface area contributed by atoms with Gasteiger partial charge in [0.2, 0.25) is 15.9 Å². The van der Waals surface area contributed by atoms with Gasteiger partial charge in [-0.25, -0.2) is 8.42 Å². The van der Waals surface area contributed by atoms with E-state index in [1.165, 1.54) is 6.07 Å². The van der Waals surface area contributed by atoms with E-state index in [0.717, 1.165) is 21.7 Å². The molecule has 0 aliphatic rings. The number of benzene rings is 2. The molecule has 0 bridgehead atoms. The van der Waals surface area contributed by atoms with Crippen molar-refractivity contribution in [1.82, 2.24) is 0 Å². The Balaban J connectivity index is 2.35. The molecule has 0 saturated heterocycles. The molecule has 0 aliphatic carbocycles. The second kappa shape index (κ2) is 7.45. The lowest BCUT2D eigenvalue weighted by Crippen LogP contribution is -2.45. The van der Waals surface area contributed by atoms with E-state index < -0.39 is 22.0 Å². The second-order valence-corrected chi connectivity index (χ2v) is 8.25. The Bertz CT molecular complexity index is 897. The second-order valence-electron chi connectivity index (χ2n) is 5.95. The third-order valence-electron chi connectivity index (χ3n) is 4.01. The van der Waals surface area contributed by atoms with Crippen LogP contribution in [0.2, 0.25) is 5.02 Å². The number of hydrogen-bond donors (Lipinski definition) is 1. The number of carbonyl (C=O) groups is 1. The van der Waals surface area contributed by atoms with E-state index >= 15 is 0 Å². The van der Waals surface area contributed by atoms with Gasteiger partial charge in [-0.2, -0.15) is 0 Å². The van der Waals surface area contributed by atoms with Crippen molar-refractivity contribution in [3.8, 4) is 0 Å². The standard InChI is InChI=1S/C18H21ClN2O3S/c1-12-7-5-10-17(13(12)2)20-18(22)14(3)21(25(4,23)24)16-9-6-8-15(19)11-16/h5-11,14H,1-4H3,(H,20,22)/t14-/m1/s1. The van der Waals surface area contributed by atoms with Gasteiger partial charge in [-0.1, -0.05) is 29.8 Å². The number of nitrogens with one attached hydrogen (secondary N) is 1. The SMILES string of the molecule is Cc1cccc(NC(=O)[C@@H](C)N(c2cccc(Cl)c2)S(C)(=O)=O)c1C.